The fourth-order valence-corrected chi connectivity index (χ4v) is 1.67. The molecule has 1 aromatic heterocycles. The summed E-state index contributed by atoms with van der Waals surface area (Å²) in [4.78, 5) is 3.85. The van der Waals surface area contributed by atoms with Crippen LogP contribution >= 0.6 is 11.6 Å². The molecule has 1 atom stereocenters. The number of nitrogens with zero attached hydrogens (tertiary/aromatic N) is 3. The van der Waals surface area contributed by atoms with Crippen LogP contribution < -0.4 is 0 Å². The van der Waals surface area contributed by atoms with Gasteiger partial charge in [0, 0.05) is 5.02 Å². The fraction of sp³-hybridized carbons (Fsp3) is 0.200. The lowest BCUT2D eigenvalue weighted by Gasteiger charge is -2.08. The predicted octanol–water partition coefficient (Wildman–Crippen LogP) is 1.97. The second kappa shape index (κ2) is 4.00. The van der Waals surface area contributed by atoms with Crippen LogP contribution in [0.4, 0.5) is 0 Å². The van der Waals surface area contributed by atoms with Crippen LogP contribution in [0.1, 0.15) is 18.6 Å². The van der Waals surface area contributed by atoms with Gasteiger partial charge in [-0.05, 0) is 24.6 Å². The first-order valence-corrected chi connectivity index (χ1v) is 4.89. The third kappa shape index (κ3) is 2.00. The number of aromatic nitrogens is 3. The highest BCUT2D eigenvalue weighted by Gasteiger charge is 2.07. The Kier molecular flexibility index (Phi) is 2.70. The number of aliphatic hydroxyl groups excluding tert-OH is 1. The van der Waals surface area contributed by atoms with Gasteiger partial charge in [-0.2, -0.15) is 5.10 Å². The standard InChI is InChI=1S/C10H10ClN3O/c1-7(15)9-3-2-8(4-10(9)11)14-6-12-5-13-14/h2-7,15H,1H3. The third-order valence-electron chi connectivity index (χ3n) is 2.12. The van der Waals surface area contributed by atoms with Gasteiger partial charge >= 0.3 is 0 Å². The number of rotatable bonds is 2. The highest BCUT2D eigenvalue weighted by Crippen LogP contribution is 2.24. The minimum Gasteiger partial charge on any atom is -0.389 e. The van der Waals surface area contributed by atoms with E-state index in [1.165, 1.54) is 6.33 Å². The Bertz CT molecular complexity index is 454. The molecule has 2 rings (SSSR count). The summed E-state index contributed by atoms with van der Waals surface area (Å²) in [7, 11) is 0. The second-order valence-electron chi connectivity index (χ2n) is 3.22. The summed E-state index contributed by atoms with van der Waals surface area (Å²) in [6.07, 6.45) is 2.48. The van der Waals surface area contributed by atoms with Gasteiger partial charge in [0.15, 0.2) is 0 Å². The molecule has 1 unspecified atom stereocenters. The normalized spacial score (nSPS) is 12.7. The van der Waals surface area contributed by atoms with Crippen molar-refractivity contribution in [3.63, 3.8) is 0 Å². The molecule has 4 nitrogen and oxygen atoms in total. The molecule has 1 heterocycles. The van der Waals surface area contributed by atoms with Crippen LogP contribution in [0.25, 0.3) is 5.69 Å². The van der Waals surface area contributed by atoms with Crippen LogP contribution in [0, 0.1) is 0 Å². The topological polar surface area (TPSA) is 50.9 Å². The van der Waals surface area contributed by atoms with Crippen molar-refractivity contribution in [3.8, 4) is 5.69 Å². The van der Waals surface area contributed by atoms with Gasteiger partial charge in [-0.15, -0.1) is 0 Å². The van der Waals surface area contributed by atoms with Crippen molar-refractivity contribution in [1.29, 1.82) is 0 Å². The Balaban J connectivity index is 2.42. The average molecular weight is 224 g/mol. The van der Waals surface area contributed by atoms with Gasteiger partial charge in [0.25, 0.3) is 0 Å². The summed E-state index contributed by atoms with van der Waals surface area (Å²) in [6, 6.07) is 5.37. The van der Waals surface area contributed by atoms with Crippen molar-refractivity contribution < 1.29 is 5.11 Å². The van der Waals surface area contributed by atoms with Crippen LogP contribution in [-0.4, -0.2) is 19.9 Å². The lowest BCUT2D eigenvalue weighted by atomic mass is 10.1. The largest absolute Gasteiger partial charge is 0.389 e. The molecule has 1 aromatic carbocycles. The van der Waals surface area contributed by atoms with Crippen molar-refractivity contribution in [1.82, 2.24) is 14.8 Å². The maximum Gasteiger partial charge on any atom is 0.138 e. The van der Waals surface area contributed by atoms with E-state index in [2.05, 4.69) is 10.1 Å². The molecule has 0 aliphatic heterocycles. The summed E-state index contributed by atoms with van der Waals surface area (Å²) in [6.45, 7) is 1.68. The van der Waals surface area contributed by atoms with Crippen LogP contribution in [-0.2, 0) is 0 Å². The van der Waals surface area contributed by atoms with E-state index < -0.39 is 6.10 Å². The molecule has 0 saturated carbocycles. The van der Waals surface area contributed by atoms with Gasteiger partial charge in [-0.1, -0.05) is 17.7 Å². The predicted molar refractivity (Wildman–Crippen MR) is 57.0 cm³/mol. The maximum absolute atomic E-state index is 9.41. The van der Waals surface area contributed by atoms with Gasteiger partial charge in [0.1, 0.15) is 12.7 Å². The Hall–Kier alpha value is -1.39. The van der Waals surface area contributed by atoms with E-state index in [1.807, 2.05) is 6.07 Å². The molecule has 1 N–H and O–H groups in total. The molecule has 78 valence electrons. The number of halogens is 1. The lowest BCUT2D eigenvalue weighted by molar-refractivity contribution is 0.199. The molecule has 0 aliphatic rings. The number of aliphatic hydroxyl groups is 1. The van der Waals surface area contributed by atoms with E-state index in [9.17, 15) is 5.11 Å². The second-order valence-corrected chi connectivity index (χ2v) is 3.63. The molecule has 0 aliphatic carbocycles. The zero-order valence-corrected chi connectivity index (χ0v) is 8.89. The highest BCUT2D eigenvalue weighted by atomic mass is 35.5. The van der Waals surface area contributed by atoms with Crippen molar-refractivity contribution in [2.75, 3.05) is 0 Å². The first-order chi connectivity index (χ1) is 7.18. The van der Waals surface area contributed by atoms with Gasteiger partial charge in [-0.3, -0.25) is 0 Å². The number of hydrogen-bond acceptors (Lipinski definition) is 3. The molecule has 2 aromatic rings. The number of benzene rings is 1. The minimum atomic E-state index is -0.567. The van der Waals surface area contributed by atoms with Crippen LogP contribution in [0.5, 0.6) is 0 Å². The minimum absolute atomic E-state index is 0.526. The lowest BCUT2D eigenvalue weighted by Crippen LogP contribution is -1.97. The molecule has 0 saturated heterocycles. The molecular formula is C10H10ClN3O. The van der Waals surface area contributed by atoms with Gasteiger partial charge < -0.3 is 5.11 Å². The first-order valence-electron chi connectivity index (χ1n) is 4.51. The van der Waals surface area contributed by atoms with Gasteiger partial charge in [0.2, 0.25) is 0 Å². The van der Waals surface area contributed by atoms with E-state index in [1.54, 1.807) is 30.1 Å². The zero-order valence-electron chi connectivity index (χ0n) is 8.13. The quantitative estimate of drug-likeness (QED) is 0.847. The van der Waals surface area contributed by atoms with Crippen LogP contribution in [0.2, 0.25) is 5.02 Å². The molecule has 0 bridgehead atoms. The average Bonchev–Trinajstić information content (AvgIpc) is 2.69. The summed E-state index contributed by atoms with van der Waals surface area (Å²) >= 11 is 6.02. The van der Waals surface area contributed by atoms with Crippen LogP contribution in [0.15, 0.2) is 30.9 Å². The Morgan fingerprint density at radius 1 is 1.47 bits per heavy atom. The van der Waals surface area contributed by atoms with E-state index in [0.29, 0.717) is 10.6 Å². The van der Waals surface area contributed by atoms with Crippen molar-refractivity contribution in [3.05, 3.63) is 41.4 Å². The molecule has 0 spiro atoms. The number of hydrogen-bond donors (Lipinski definition) is 1. The van der Waals surface area contributed by atoms with E-state index in [0.717, 1.165) is 5.69 Å². The van der Waals surface area contributed by atoms with Gasteiger partial charge in [0.05, 0.1) is 11.8 Å². The molecule has 0 radical (unpaired) electrons. The van der Waals surface area contributed by atoms with Gasteiger partial charge in [-0.25, -0.2) is 9.67 Å². The Morgan fingerprint density at radius 2 is 2.27 bits per heavy atom. The van der Waals surface area contributed by atoms with Crippen molar-refractivity contribution >= 4 is 11.6 Å². The Morgan fingerprint density at radius 3 is 2.80 bits per heavy atom. The highest BCUT2D eigenvalue weighted by molar-refractivity contribution is 6.31. The molecular weight excluding hydrogens is 214 g/mol. The van der Waals surface area contributed by atoms with E-state index >= 15 is 0 Å². The van der Waals surface area contributed by atoms with Crippen molar-refractivity contribution in [2.45, 2.75) is 13.0 Å². The van der Waals surface area contributed by atoms with Crippen LogP contribution in [0.3, 0.4) is 0 Å². The Labute approximate surface area is 92.1 Å². The first kappa shape index (κ1) is 10.1. The molecule has 15 heavy (non-hydrogen) atoms. The molecule has 0 amide bonds. The fourth-order valence-electron chi connectivity index (χ4n) is 1.34. The maximum atomic E-state index is 9.41. The van der Waals surface area contributed by atoms with E-state index in [4.69, 9.17) is 11.6 Å². The third-order valence-corrected chi connectivity index (χ3v) is 2.44. The zero-order chi connectivity index (χ0) is 10.8. The summed E-state index contributed by atoms with van der Waals surface area (Å²) in [5.41, 5.74) is 1.53. The monoisotopic (exact) mass is 223 g/mol. The summed E-state index contributed by atoms with van der Waals surface area (Å²) in [5, 5.41) is 13.9. The smallest absolute Gasteiger partial charge is 0.138 e. The van der Waals surface area contributed by atoms with E-state index in [-0.39, 0.29) is 0 Å². The molecule has 5 heteroatoms. The SMILES string of the molecule is CC(O)c1ccc(-n2cncn2)cc1Cl. The summed E-state index contributed by atoms with van der Waals surface area (Å²) < 4.78 is 1.61. The van der Waals surface area contributed by atoms with Crippen molar-refractivity contribution in [2.24, 2.45) is 0 Å². The molecule has 0 fully saturated rings. The summed E-state index contributed by atoms with van der Waals surface area (Å²) in [5.74, 6) is 0.